The molecule has 0 bridgehead atoms. The van der Waals surface area contributed by atoms with Crippen molar-refractivity contribution >= 4 is 11.8 Å². The van der Waals surface area contributed by atoms with Gasteiger partial charge in [-0.15, -0.1) is 5.10 Å². The molecular formula is C18H23F3N4O4. The molecule has 0 radical (unpaired) electrons. The second-order valence-electron chi connectivity index (χ2n) is 7.42. The Bertz CT molecular complexity index is 899. The molecule has 3 N–H and O–H groups in total. The maximum Gasteiger partial charge on any atom is 0.434 e. The minimum Gasteiger partial charge on any atom is -0.465 e. The van der Waals surface area contributed by atoms with Gasteiger partial charge in [0.1, 0.15) is 0 Å². The zero-order valence-electron chi connectivity index (χ0n) is 16.3. The number of nitrogens with zero attached hydrogens (tertiary/aromatic N) is 2. The molecule has 0 saturated heterocycles. The highest BCUT2D eigenvalue weighted by molar-refractivity contribution is 5.66. The van der Waals surface area contributed by atoms with Crippen LogP contribution < -0.4 is 11.1 Å². The number of aromatic amines is 1. The summed E-state index contributed by atoms with van der Waals surface area (Å²) in [7, 11) is 0. The normalized spacial score (nSPS) is 12.1. The number of nitrogens with one attached hydrogen (secondary N) is 2. The predicted octanol–water partition coefficient (Wildman–Crippen LogP) is 4.02. The highest BCUT2D eigenvalue weighted by Crippen LogP contribution is 2.36. The fourth-order valence-electron chi connectivity index (χ4n) is 2.76. The summed E-state index contributed by atoms with van der Waals surface area (Å²) in [5, 5.41) is 17.7. The van der Waals surface area contributed by atoms with Gasteiger partial charge in [0.05, 0.1) is 5.56 Å². The molecule has 2 aromatic rings. The minimum absolute atomic E-state index is 0.117. The molecule has 11 heteroatoms. The average Bonchev–Trinajstić information content (AvgIpc) is 3.01. The topological polar surface area (TPSA) is 111 Å². The van der Waals surface area contributed by atoms with E-state index in [0.29, 0.717) is 12.8 Å². The van der Waals surface area contributed by atoms with Gasteiger partial charge < -0.3 is 19.7 Å². The van der Waals surface area contributed by atoms with Gasteiger partial charge in [0.25, 0.3) is 0 Å². The number of unbranched alkanes of at least 4 members (excludes halogenated alkanes) is 1. The number of aromatic nitrogens is 2. The van der Waals surface area contributed by atoms with E-state index in [1.165, 1.54) is 17.0 Å². The maximum absolute atomic E-state index is 13.3. The van der Waals surface area contributed by atoms with Gasteiger partial charge >= 0.3 is 18.0 Å². The summed E-state index contributed by atoms with van der Waals surface area (Å²) >= 11 is 0. The van der Waals surface area contributed by atoms with E-state index in [4.69, 9.17) is 4.42 Å². The number of amides is 1. The van der Waals surface area contributed by atoms with Crippen LogP contribution in [0.4, 0.5) is 23.7 Å². The van der Waals surface area contributed by atoms with Gasteiger partial charge in [-0.2, -0.15) is 13.2 Å². The number of hydrogen-bond acceptors (Lipinski definition) is 5. The van der Waals surface area contributed by atoms with Gasteiger partial charge in [-0.1, -0.05) is 0 Å². The molecule has 0 aliphatic carbocycles. The zero-order valence-corrected chi connectivity index (χ0v) is 16.3. The summed E-state index contributed by atoms with van der Waals surface area (Å²) in [6, 6.07) is 3.26. The maximum atomic E-state index is 13.3. The molecule has 0 fully saturated rings. The van der Waals surface area contributed by atoms with Crippen molar-refractivity contribution in [1.29, 1.82) is 0 Å². The van der Waals surface area contributed by atoms with Gasteiger partial charge in [0.15, 0.2) is 0 Å². The van der Waals surface area contributed by atoms with E-state index in [9.17, 15) is 27.9 Å². The summed E-state index contributed by atoms with van der Waals surface area (Å²) in [6.07, 6.45) is -4.68. The number of carbonyl (C=O) groups is 1. The lowest BCUT2D eigenvalue weighted by Gasteiger charge is -2.33. The number of rotatable bonds is 7. The molecule has 0 aliphatic heterocycles. The van der Waals surface area contributed by atoms with E-state index in [1.807, 2.05) is 0 Å². The Morgan fingerprint density at radius 2 is 1.97 bits per heavy atom. The molecule has 160 valence electrons. The lowest BCUT2D eigenvalue weighted by atomic mass is 10.1. The summed E-state index contributed by atoms with van der Waals surface area (Å²) in [6.45, 7) is 5.79. The first-order chi connectivity index (χ1) is 13.4. The molecule has 1 amide bonds. The number of carboxylic acid groups (broad SMARTS) is 1. The molecule has 0 aliphatic rings. The van der Waals surface area contributed by atoms with Crippen LogP contribution in [0, 0.1) is 0 Å². The smallest absolute Gasteiger partial charge is 0.434 e. The van der Waals surface area contributed by atoms with Gasteiger partial charge in [0.2, 0.25) is 5.89 Å². The average molecular weight is 416 g/mol. The van der Waals surface area contributed by atoms with E-state index in [0.717, 1.165) is 6.07 Å². The van der Waals surface area contributed by atoms with Crippen LogP contribution in [-0.4, -0.2) is 44.9 Å². The third kappa shape index (κ3) is 6.00. The van der Waals surface area contributed by atoms with Crippen molar-refractivity contribution in [1.82, 2.24) is 15.1 Å². The third-order valence-corrected chi connectivity index (χ3v) is 4.17. The molecule has 0 saturated carbocycles. The quantitative estimate of drug-likeness (QED) is 0.588. The molecule has 29 heavy (non-hydrogen) atoms. The van der Waals surface area contributed by atoms with Crippen LogP contribution in [0.2, 0.25) is 0 Å². The van der Waals surface area contributed by atoms with Gasteiger partial charge in [0, 0.05) is 29.9 Å². The van der Waals surface area contributed by atoms with Gasteiger partial charge in [-0.05, 0) is 51.8 Å². The van der Waals surface area contributed by atoms with E-state index in [1.54, 1.807) is 20.8 Å². The molecule has 0 unspecified atom stereocenters. The molecular weight excluding hydrogens is 393 g/mol. The lowest BCUT2D eigenvalue weighted by Crippen LogP contribution is -2.45. The standard InChI is InChI=1S/C18H23F3N4O4/c1-17(2,3)25(16(27)28)9-5-4-8-22-13-10-11(14-23-24-15(26)29-14)6-7-12(13)18(19,20)21/h6-7,10,22H,4-5,8-9H2,1-3H3,(H,24,26)(H,27,28). The Balaban J connectivity index is 2.06. The fourth-order valence-corrected chi connectivity index (χ4v) is 2.76. The van der Waals surface area contributed by atoms with Crippen molar-refractivity contribution in [3.05, 3.63) is 34.3 Å². The molecule has 8 nitrogen and oxygen atoms in total. The van der Waals surface area contributed by atoms with Crippen LogP contribution in [0.5, 0.6) is 0 Å². The number of alkyl halides is 3. The number of halogens is 3. The number of hydrogen-bond donors (Lipinski definition) is 3. The van der Waals surface area contributed by atoms with E-state index in [2.05, 4.69) is 15.5 Å². The lowest BCUT2D eigenvalue weighted by molar-refractivity contribution is -0.136. The van der Waals surface area contributed by atoms with Crippen LogP contribution in [0.3, 0.4) is 0 Å². The Kier molecular flexibility index (Phi) is 6.60. The van der Waals surface area contributed by atoms with Crippen LogP contribution in [0.15, 0.2) is 27.4 Å². The molecule has 0 spiro atoms. The number of benzene rings is 1. The Hall–Kier alpha value is -2.98. The number of H-pyrrole nitrogens is 1. The van der Waals surface area contributed by atoms with E-state index in [-0.39, 0.29) is 30.2 Å². The van der Waals surface area contributed by atoms with Gasteiger partial charge in [-0.25, -0.2) is 14.7 Å². The van der Waals surface area contributed by atoms with Gasteiger partial charge in [-0.3, -0.25) is 0 Å². The monoisotopic (exact) mass is 416 g/mol. The van der Waals surface area contributed by atoms with Crippen LogP contribution >= 0.6 is 0 Å². The summed E-state index contributed by atoms with van der Waals surface area (Å²) in [4.78, 5) is 23.7. The highest BCUT2D eigenvalue weighted by Gasteiger charge is 2.34. The van der Waals surface area contributed by atoms with Crippen molar-refractivity contribution in [2.45, 2.75) is 45.3 Å². The largest absolute Gasteiger partial charge is 0.465 e. The highest BCUT2D eigenvalue weighted by atomic mass is 19.4. The first-order valence-electron chi connectivity index (χ1n) is 8.91. The number of anilines is 1. The van der Waals surface area contributed by atoms with Crippen LogP contribution in [0.25, 0.3) is 11.5 Å². The summed E-state index contributed by atoms with van der Waals surface area (Å²) < 4.78 is 44.6. The second-order valence-corrected chi connectivity index (χ2v) is 7.42. The third-order valence-electron chi connectivity index (χ3n) is 4.17. The first-order valence-corrected chi connectivity index (χ1v) is 8.91. The van der Waals surface area contributed by atoms with Crippen molar-refractivity contribution < 1.29 is 27.5 Å². The van der Waals surface area contributed by atoms with Crippen LogP contribution in [0.1, 0.15) is 39.2 Å². The Labute approximate surface area is 164 Å². The molecule has 2 rings (SSSR count). The SMILES string of the molecule is CC(C)(C)N(CCCCNc1cc(-c2n[nH]c(=O)o2)ccc1C(F)(F)F)C(=O)O. The van der Waals surface area contributed by atoms with E-state index < -0.39 is 29.1 Å². The molecule has 0 atom stereocenters. The minimum atomic E-state index is -4.57. The summed E-state index contributed by atoms with van der Waals surface area (Å²) in [5.41, 5.74) is -1.39. The summed E-state index contributed by atoms with van der Waals surface area (Å²) in [5.74, 6) is -0.926. The van der Waals surface area contributed by atoms with Crippen molar-refractivity contribution in [2.75, 3.05) is 18.4 Å². The van der Waals surface area contributed by atoms with Crippen LogP contribution in [-0.2, 0) is 6.18 Å². The predicted molar refractivity (Wildman–Crippen MR) is 99.8 cm³/mol. The first kappa shape index (κ1) is 22.3. The molecule has 1 aromatic heterocycles. The zero-order chi connectivity index (χ0) is 21.8. The Morgan fingerprint density at radius 3 is 2.48 bits per heavy atom. The molecule has 1 heterocycles. The Morgan fingerprint density at radius 1 is 1.28 bits per heavy atom. The second kappa shape index (κ2) is 8.58. The van der Waals surface area contributed by atoms with Crippen molar-refractivity contribution in [3.8, 4) is 11.5 Å². The fraction of sp³-hybridized carbons (Fsp3) is 0.500. The van der Waals surface area contributed by atoms with E-state index >= 15 is 0 Å². The van der Waals surface area contributed by atoms with Crippen molar-refractivity contribution in [3.63, 3.8) is 0 Å². The molecule has 1 aromatic carbocycles. The van der Waals surface area contributed by atoms with Crippen molar-refractivity contribution in [2.24, 2.45) is 0 Å².